The Balaban J connectivity index is 0.00000121. The molecular formula is C24H33N5. The summed E-state index contributed by atoms with van der Waals surface area (Å²) >= 11 is 0. The van der Waals surface area contributed by atoms with Crippen LogP contribution >= 0.6 is 0 Å². The fourth-order valence-corrected chi connectivity index (χ4v) is 4.39. The zero-order valence-corrected chi connectivity index (χ0v) is 17.0. The Hall–Kier alpha value is -2.84. The summed E-state index contributed by atoms with van der Waals surface area (Å²) in [5, 5.41) is 8.05. The first-order chi connectivity index (χ1) is 14.3. The van der Waals surface area contributed by atoms with Crippen molar-refractivity contribution in [3.8, 4) is 23.2 Å². The molecule has 0 amide bonds. The van der Waals surface area contributed by atoms with Crippen LogP contribution < -0.4 is 10.6 Å². The molecule has 4 heterocycles. The lowest BCUT2D eigenvalue weighted by Gasteiger charge is -2.19. The van der Waals surface area contributed by atoms with Gasteiger partial charge in [0.1, 0.15) is 5.82 Å². The van der Waals surface area contributed by atoms with Gasteiger partial charge in [0.05, 0.1) is 16.9 Å². The van der Waals surface area contributed by atoms with Crippen LogP contribution in [-0.4, -0.2) is 27.6 Å². The maximum Gasteiger partial charge on any atom is 0.128 e. The molecule has 1 aliphatic carbocycles. The van der Waals surface area contributed by atoms with E-state index in [1.807, 2.05) is 6.20 Å². The summed E-state index contributed by atoms with van der Waals surface area (Å²) in [6.45, 7) is 6.04. The fourth-order valence-electron chi connectivity index (χ4n) is 4.39. The SMILES string of the molecule is Cc1cc(-c2ccc3cnc(NC[C@H]4CC#CCCC4)cc3n2)n2c1CNCC2.[HH].[HH].[HH]. The monoisotopic (exact) mass is 391 g/mol. The summed E-state index contributed by atoms with van der Waals surface area (Å²) in [6, 6.07) is 8.59. The Kier molecular flexibility index (Phi) is 4.95. The van der Waals surface area contributed by atoms with E-state index in [9.17, 15) is 0 Å². The first kappa shape index (κ1) is 18.2. The number of aromatic nitrogens is 3. The first-order valence-electron chi connectivity index (χ1n) is 10.6. The molecule has 5 rings (SSSR count). The number of pyridine rings is 2. The lowest BCUT2D eigenvalue weighted by molar-refractivity contribution is 0.513. The second kappa shape index (κ2) is 7.88. The van der Waals surface area contributed by atoms with Crippen LogP contribution in [0.15, 0.2) is 30.5 Å². The summed E-state index contributed by atoms with van der Waals surface area (Å²) in [4.78, 5) is 9.58. The molecule has 3 aromatic heterocycles. The third-order valence-corrected chi connectivity index (χ3v) is 6.07. The van der Waals surface area contributed by atoms with E-state index in [0.29, 0.717) is 5.92 Å². The molecule has 0 unspecified atom stereocenters. The van der Waals surface area contributed by atoms with Crippen LogP contribution in [0, 0.1) is 24.7 Å². The summed E-state index contributed by atoms with van der Waals surface area (Å²) in [7, 11) is 0. The Morgan fingerprint density at radius 2 is 2.28 bits per heavy atom. The zero-order chi connectivity index (χ0) is 19.6. The number of nitrogens with one attached hydrogen (secondary N) is 2. The molecule has 1 aliphatic heterocycles. The highest BCUT2D eigenvalue weighted by atomic mass is 15.1. The second-order valence-corrected chi connectivity index (χ2v) is 8.14. The van der Waals surface area contributed by atoms with Crippen LogP contribution in [0.3, 0.4) is 0 Å². The average molecular weight is 392 g/mol. The van der Waals surface area contributed by atoms with Gasteiger partial charge in [-0.1, -0.05) is 0 Å². The van der Waals surface area contributed by atoms with Crippen molar-refractivity contribution < 1.29 is 4.28 Å². The Morgan fingerprint density at radius 1 is 1.31 bits per heavy atom. The minimum absolute atomic E-state index is 0. The van der Waals surface area contributed by atoms with Gasteiger partial charge in [-0.2, -0.15) is 0 Å². The molecule has 2 N–H and O–H groups in total. The number of hydrogen-bond acceptors (Lipinski definition) is 4. The van der Waals surface area contributed by atoms with Gasteiger partial charge in [-0.15, -0.1) is 11.8 Å². The van der Waals surface area contributed by atoms with Crippen LogP contribution in [0.25, 0.3) is 22.3 Å². The van der Waals surface area contributed by atoms with Crippen molar-refractivity contribution in [1.82, 2.24) is 19.9 Å². The van der Waals surface area contributed by atoms with Gasteiger partial charge in [0, 0.05) is 66.6 Å². The molecule has 2 aliphatic rings. The van der Waals surface area contributed by atoms with E-state index < -0.39 is 0 Å². The van der Waals surface area contributed by atoms with Crippen molar-refractivity contribution >= 4 is 16.7 Å². The summed E-state index contributed by atoms with van der Waals surface area (Å²) in [6.07, 6.45) is 6.36. The van der Waals surface area contributed by atoms with E-state index in [1.165, 1.54) is 29.8 Å². The van der Waals surface area contributed by atoms with E-state index in [1.54, 1.807) is 0 Å². The molecule has 0 aromatic carbocycles. The third kappa shape index (κ3) is 3.73. The minimum Gasteiger partial charge on any atom is -0.370 e. The van der Waals surface area contributed by atoms with Crippen molar-refractivity contribution in [2.24, 2.45) is 5.92 Å². The topological polar surface area (TPSA) is 54.8 Å². The molecular weight excluding hydrogens is 358 g/mol. The first-order valence-corrected chi connectivity index (χ1v) is 10.6. The minimum atomic E-state index is 0. The van der Waals surface area contributed by atoms with Crippen molar-refractivity contribution in [3.05, 3.63) is 41.7 Å². The van der Waals surface area contributed by atoms with Gasteiger partial charge in [-0.25, -0.2) is 9.97 Å². The highest BCUT2D eigenvalue weighted by Gasteiger charge is 2.17. The number of rotatable bonds is 4. The summed E-state index contributed by atoms with van der Waals surface area (Å²) < 4.78 is 2.41. The van der Waals surface area contributed by atoms with E-state index in [2.05, 4.69) is 63.2 Å². The van der Waals surface area contributed by atoms with E-state index in [-0.39, 0.29) is 4.28 Å². The second-order valence-electron chi connectivity index (χ2n) is 8.14. The molecule has 0 radical (unpaired) electrons. The van der Waals surface area contributed by atoms with Gasteiger partial charge >= 0.3 is 0 Å². The average Bonchev–Trinajstić information content (AvgIpc) is 2.92. The molecule has 29 heavy (non-hydrogen) atoms. The number of fused-ring (bicyclic) bond motifs is 2. The van der Waals surface area contributed by atoms with Gasteiger partial charge < -0.3 is 15.2 Å². The zero-order valence-electron chi connectivity index (χ0n) is 17.0. The number of hydrogen-bond donors (Lipinski definition) is 2. The van der Waals surface area contributed by atoms with Crippen LogP contribution in [0.1, 0.15) is 41.2 Å². The van der Waals surface area contributed by atoms with E-state index in [0.717, 1.165) is 61.4 Å². The van der Waals surface area contributed by atoms with Gasteiger partial charge in [-0.05, 0) is 49.4 Å². The standard InChI is InChI=1S/C24H27N5.3H2/c1-17-12-22(29-11-10-25-16-23(17)29)20-9-8-19-15-27-24(13-21(19)28-20)26-14-18-6-4-2-3-5-7-18;;;/h8-9,12-13,15,18,25H,2,4,6-7,10-11,14,16H2,1H3,(H,26,27);3*1H/t18-;;;/m1.../s1. The predicted molar refractivity (Wildman–Crippen MR) is 124 cm³/mol. The van der Waals surface area contributed by atoms with Crippen molar-refractivity contribution in [3.63, 3.8) is 0 Å². The van der Waals surface area contributed by atoms with Gasteiger partial charge in [0.25, 0.3) is 0 Å². The molecule has 0 fully saturated rings. The van der Waals surface area contributed by atoms with E-state index in [4.69, 9.17) is 4.98 Å². The lowest BCUT2D eigenvalue weighted by Crippen LogP contribution is -2.28. The quantitative estimate of drug-likeness (QED) is 0.624. The number of aryl methyl sites for hydroxylation is 1. The molecule has 1 atom stereocenters. The van der Waals surface area contributed by atoms with Crippen molar-refractivity contribution in [2.75, 3.05) is 18.4 Å². The van der Waals surface area contributed by atoms with E-state index >= 15 is 0 Å². The van der Waals surface area contributed by atoms with Crippen LogP contribution in [0.5, 0.6) is 0 Å². The normalized spacial score (nSPS) is 18.6. The maximum atomic E-state index is 4.99. The molecule has 154 valence electrons. The molecule has 5 heteroatoms. The molecule has 0 bridgehead atoms. The van der Waals surface area contributed by atoms with Gasteiger partial charge in [0.15, 0.2) is 0 Å². The molecule has 0 saturated heterocycles. The summed E-state index contributed by atoms with van der Waals surface area (Å²) in [5.41, 5.74) is 5.94. The Morgan fingerprint density at radius 3 is 3.24 bits per heavy atom. The third-order valence-electron chi connectivity index (χ3n) is 6.07. The fraction of sp³-hybridized carbons (Fsp3) is 0.417. The number of anilines is 1. The number of nitrogens with zero attached hydrogens (tertiary/aromatic N) is 3. The lowest BCUT2D eigenvalue weighted by atomic mass is 10.0. The Labute approximate surface area is 176 Å². The highest BCUT2D eigenvalue weighted by molar-refractivity contribution is 5.82. The van der Waals surface area contributed by atoms with Gasteiger partial charge in [-0.3, -0.25) is 0 Å². The smallest absolute Gasteiger partial charge is 0.128 e. The predicted octanol–water partition coefficient (Wildman–Crippen LogP) is 4.85. The van der Waals surface area contributed by atoms with Crippen LogP contribution in [0.4, 0.5) is 5.82 Å². The van der Waals surface area contributed by atoms with Gasteiger partial charge in [0.2, 0.25) is 0 Å². The largest absolute Gasteiger partial charge is 0.370 e. The molecule has 5 nitrogen and oxygen atoms in total. The Bertz CT molecular complexity index is 1120. The van der Waals surface area contributed by atoms with Crippen molar-refractivity contribution in [1.29, 1.82) is 0 Å². The van der Waals surface area contributed by atoms with Crippen molar-refractivity contribution in [2.45, 2.75) is 45.7 Å². The highest BCUT2D eigenvalue weighted by Crippen LogP contribution is 2.28. The molecule has 0 spiro atoms. The van der Waals surface area contributed by atoms with Crippen LogP contribution in [0.2, 0.25) is 0 Å². The molecule has 0 saturated carbocycles. The molecule has 3 aromatic rings. The van der Waals surface area contributed by atoms with Crippen LogP contribution in [-0.2, 0) is 13.1 Å². The summed E-state index contributed by atoms with van der Waals surface area (Å²) in [5.74, 6) is 8.02. The maximum absolute atomic E-state index is 4.99.